The molecule has 0 bridgehead atoms. The van der Waals surface area contributed by atoms with Gasteiger partial charge in [0.05, 0.1) is 4.47 Å². The van der Waals surface area contributed by atoms with E-state index in [0.29, 0.717) is 23.0 Å². The van der Waals surface area contributed by atoms with Gasteiger partial charge in [-0.15, -0.1) is 0 Å². The molecular weight excluding hydrogens is 528 g/mol. The standard InChI is InChI=1S/C28H24BrClN2O3/c1-19-7-9-21(30)16-26(19)32-28(33)18-34-27-14-8-20(15-25(27)29)17-31-22-10-12-24(13-11-22)35-23-5-3-2-4-6-23/h2-16,31H,17-18H2,1H3,(H,32,33). The number of para-hydroxylation sites is 1. The molecule has 0 saturated heterocycles. The quantitative estimate of drug-likeness (QED) is 0.222. The van der Waals surface area contributed by atoms with Crippen LogP contribution < -0.4 is 20.1 Å². The first-order chi connectivity index (χ1) is 17.0. The lowest BCUT2D eigenvalue weighted by Crippen LogP contribution is -2.20. The van der Waals surface area contributed by atoms with E-state index in [1.54, 1.807) is 12.1 Å². The average Bonchev–Trinajstić information content (AvgIpc) is 2.86. The summed E-state index contributed by atoms with van der Waals surface area (Å²) in [6, 6.07) is 28.6. The molecule has 7 heteroatoms. The third-order valence-electron chi connectivity index (χ3n) is 5.16. The SMILES string of the molecule is Cc1ccc(Cl)cc1NC(=O)COc1ccc(CNc2ccc(Oc3ccccc3)cc2)cc1Br. The fourth-order valence-corrected chi connectivity index (χ4v) is 4.01. The summed E-state index contributed by atoms with van der Waals surface area (Å²) in [6.45, 7) is 2.43. The van der Waals surface area contributed by atoms with Crippen molar-refractivity contribution in [3.8, 4) is 17.2 Å². The Morgan fingerprint density at radius 2 is 1.66 bits per heavy atom. The lowest BCUT2D eigenvalue weighted by molar-refractivity contribution is -0.118. The summed E-state index contributed by atoms with van der Waals surface area (Å²) >= 11 is 9.54. The zero-order valence-electron chi connectivity index (χ0n) is 19.1. The highest BCUT2D eigenvalue weighted by Gasteiger charge is 2.09. The second-order valence-electron chi connectivity index (χ2n) is 7.85. The summed E-state index contributed by atoms with van der Waals surface area (Å²) < 4.78 is 12.3. The van der Waals surface area contributed by atoms with E-state index in [-0.39, 0.29) is 12.5 Å². The number of benzene rings is 4. The smallest absolute Gasteiger partial charge is 0.262 e. The zero-order chi connectivity index (χ0) is 24.6. The Labute approximate surface area is 218 Å². The summed E-state index contributed by atoms with van der Waals surface area (Å²) in [5, 5.41) is 6.78. The van der Waals surface area contributed by atoms with Gasteiger partial charge in [-0.1, -0.05) is 41.9 Å². The molecule has 0 unspecified atom stereocenters. The highest BCUT2D eigenvalue weighted by atomic mass is 79.9. The molecule has 0 radical (unpaired) electrons. The number of hydrogen-bond donors (Lipinski definition) is 2. The molecule has 0 aromatic heterocycles. The average molecular weight is 552 g/mol. The van der Waals surface area contributed by atoms with Crippen LogP contribution in [0.1, 0.15) is 11.1 Å². The number of hydrogen-bond acceptors (Lipinski definition) is 4. The Hall–Kier alpha value is -3.48. The number of rotatable bonds is 9. The molecule has 178 valence electrons. The van der Waals surface area contributed by atoms with Gasteiger partial charge in [0, 0.05) is 22.9 Å². The monoisotopic (exact) mass is 550 g/mol. The van der Waals surface area contributed by atoms with Crippen LogP contribution in [0.3, 0.4) is 0 Å². The maximum Gasteiger partial charge on any atom is 0.262 e. The van der Waals surface area contributed by atoms with E-state index < -0.39 is 0 Å². The van der Waals surface area contributed by atoms with Gasteiger partial charge in [-0.3, -0.25) is 4.79 Å². The van der Waals surface area contributed by atoms with Crippen LogP contribution in [0, 0.1) is 6.92 Å². The molecule has 0 atom stereocenters. The number of ether oxygens (including phenoxy) is 2. The van der Waals surface area contributed by atoms with Crippen molar-refractivity contribution in [2.24, 2.45) is 0 Å². The van der Waals surface area contributed by atoms with E-state index in [0.717, 1.165) is 32.8 Å². The van der Waals surface area contributed by atoms with Gasteiger partial charge in [0.25, 0.3) is 5.91 Å². The van der Waals surface area contributed by atoms with Crippen LogP contribution in [0.25, 0.3) is 0 Å². The fraction of sp³-hybridized carbons (Fsp3) is 0.107. The molecule has 4 aromatic carbocycles. The first kappa shape index (κ1) is 24.6. The highest BCUT2D eigenvalue weighted by molar-refractivity contribution is 9.10. The molecular formula is C28H24BrClN2O3. The number of halogens is 2. The maximum absolute atomic E-state index is 12.3. The van der Waals surface area contributed by atoms with Crippen LogP contribution >= 0.6 is 27.5 Å². The Balaban J connectivity index is 1.27. The number of carbonyl (C=O) groups excluding carboxylic acids is 1. The van der Waals surface area contributed by atoms with Crippen molar-refractivity contribution in [1.29, 1.82) is 0 Å². The van der Waals surface area contributed by atoms with Crippen molar-refractivity contribution in [1.82, 2.24) is 0 Å². The van der Waals surface area contributed by atoms with Gasteiger partial charge in [0.2, 0.25) is 0 Å². The third-order valence-corrected chi connectivity index (χ3v) is 6.01. The van der Waals surface area contributed by atoms with Gasteiger partial charge in [-0.2, -0.15) is 0 Å². The topological polar surface area (TPSA) is 59.6 Å². The molecule has 2 N–H and O–H groups in total. The predicted octanol–water partition coefficient (Wildman–Crippen LogP) is 7.83. The molecule has 0 aliphatic carbocycles. The maximum atomic E-state index is 12.3. The van der Waals surface area contributed by atoms with Gasteiger partial charge in [-0.05, 0) is 94.6 Å². The summed E-state index contributed by atoms with van der Waals surface area (Å²) in [7, 11) is 0. The summed E-state index contributed by atoms with van der Waals surface area (Å²) in [6.07, 6.45) is 0. The van der Waals surface area contributed by atoms with Crippen molar-refractivity contribution in [2.75, 3.05) is 17.2 Å². The van der Waals surface area contributed by atoms with E-state index >= 15 is 0 Å². The molecule has 0 fully saturated rings. The molecule has 0 saturated carbocycles. The third kappa shape index (κ3) is 7.25. The highest BCUT2D eigenvalue weighted by Crippen LogP contribution is 2.27. The van der Waals surface area contributed by atoms with E-state index in [1.807, 2.05) is 85.8 Å². The van der Waals surface area contributed by atoms with Crippen LogP contribution in [0.5, 0.6) is 17.2 Å². The molecule has 1 amide bonds. The normalized spacial score (nSPS) is 10.5. The molecule has 4 rings (SSSR count). The summed E-state index contributed by atoms with van der Waals surface area (Å²) in [5.74, 6) is 1.92. The van der Waals surface area contributed by atoms with Gasteiger partial charge >= 0.3 is 0 Å². The van der Waals surface area contributed by atoms with Crippen molar-refractivity contribution in [2.45, 2.75) is 13.5 Å². The van der Waals surface area contributed by atoms with Crippen molar-refractivity contribution >= 4 is 44.8 Å². The molecule has 0 aliphatic rings. The lowest BCUT2D eigenvalue weighted by atomic mass is 10.2. The molecule has 0 aliphatic heterocycles. The van der Waals surface area contributed by atoms with E-state index in [1.165, 1.54) is 0 Å². The first-order valence-corrected chi connectivity index (χ1v) is 12.2. The largest absolute Gasteiger partial charge is 0.483 e. The zero-order valence-corrected chi connectivity index (χ0v) is 21.4. The van der Waals surface area contributed by atoms with Gasteiger partial charge in [-0.25, -0.2) is 0 Å². The van der Waals surface area contributed by atoms with Crippen molar-refractivity contribution in [3.05, 3.63) is 112 Å². The molecule has 0 heterocycles. The van der Waals surface area contributed by atoms with Gasteiger partial charge in [0.15, 0.2) is 6.61 Å². The fourth-order valence-electron chi connectivity index (χ4n) is 3.30. The van der Waals surface area contributed by atoms with Crippen LogP contribution in [0.4, 0.5) is 11.4 Å². The summed E-state index contributed by atoms with van der Waals surface area (Å²) in [4.78, 5) is 12.3. The lowest BCUT2D eigenvalue weighted by Gasteiger charge is -2.12. The van der Waals surface area contributed by atoms with Crippen LogP contribution in [0.2, 0.25) is 5.02 Å². The number of anilines is 2. The van der Waals surface area contributed by atoms with E-state index in [4.69, 9.17) is 21.1 Å². The number of amides is 1. The Bertz CT molecular complexity index is 1300. The minimum absolute atomic E-state index is 0.112. The van der Waals surface area contributed by atoms with Crippen LogP contribution in [-0.2, 0) is 11.3 Å². The Morgan fingerprint density at radius 1 is 0.914 bits per heavy atom. The molecule has 4 aromatic rings. The Morgan fingerprint density at radius 3 is 2.40 bits per heavy atom. The molecule has 5 nitrogen and oxygen atoms in total. The minimum atomic E-state index is -0.257. The number of carbonyl (C=O) groups is 1. The second-order valence-corrected chi connectivity index (χ2v) is 9.14. The van der Waals surface area contributed by atoms with E-state index in [9.17, 15) is 4.79 Å². The van der Waals surface area contributed by atoms with Crippen LogP contribution in [0.15, 0.2) is 95.5 Å². The first-order valence-electron chi connectivity index (χ1n) is 11.0. The predicted molar refractivity (Wildman–Crippen MR) is 145 cm³/mol. The number of aryl methyl sites for hydroxylation is 1. The van der Waals surface area contributed by atoms with Crippen molar-refractivity contribution < 1.29 is 14.3 Å². The van der Waals surface area contributed by atoms with Crippen molar-refractivity contribution in [3.63, 3.8) is 0 Å². The van der Waals surface area contributed by atoms with Gasteiger partial charge < -0.3 is 20.1 Å². The second kappa shape index (κ2) is 11.8. The Kier molecular flexibility index (Phi) is 8.29. The van der Waals surface area contributed by atoms with Crippen LogP contribution in [-0.4, -0.2) is 12.5 Å². The number of nitrogens with one attached hydrogen (secondary N) is 2. The molecule has 35 heavy (non-hydrogen) atoms. The summed E-state index contributed by atoms with van der Waals surface area (Å²) in [5.41, 5.74) is 3.65. The van der Waals surface area contributed by atoms with E-state index in [2.05, 4.69) is 26.6 Å². The van der Waals surface area contributed by atoms with Gasteiger partial charge in [0.1, 0.15) is 17.2 Å². The molecule has 0 spiro atoms. The minimum Gasteiger partial charge on any atom is -0.483 e.